The van der Waals surface area contributed by atoms with Crippen molar-refractivity contribution in [3.63, 3.8) is 0 Å². The van der Waals surface area contributed by atoms with E-state index in [4.69, 9.17) is 5.10 Å². The summed E-state index contributed by atoms with van der Waals surface area (Å²) >= 11 is 1.92. The predicted molar refractivity (Wildman–Crippen MR) is 120 cm³/mol. The third kappa shape index (κ3) is 4.75. The second kappa shape index (κ2) is 9.63. The van der Waals surface area contributed by atoms with Gasteiger partial charge in [-0.15, -0.1) is 6.58 Å². The van der Waals surface area contributed by atoms with Crippen molar-refractivity contribution in [2.75, 3.05) is 31.1 Å². The van der Waals surface area contributed by atoms with Gasteiger partial charge in [-0.25, -0.2) is 0 Å². The molecule has 2 aliphatic rings. The largest absolute Gasteiger partial charge is 0.336 e. The van der Waals surface area contributed by atoms with Crippen molar-refractivity contribution in [3.05, 3.63) is 65.5 Å². The fourth-order valence-electron chi connectivity index (χ4n) is 4.29. The maximum atomic E-state index is 13.2. The molecule has 1 fully saturated rings. The number of hydrogen-bond acceptors (Lipinski definition) is 4. The van der Waals surface area contributed by atoms with E-state index in [1.807, 2.05) is 27.4 Å². The molecule has 0 saturated carbocycles. The molecule has 1 amide bonds. The van der Waals surface area contributed by atoms with Crippen LogP contribution >= 0.6 is 11.8 Å². The second-order valence-corrected chi connectivity index (χ2v) is 9.00. The van der Waals surface area contributed by atoms with E-state index in [2.05, 4.69) is 42.2 Å². The van der Waals surface area contributed by atoms with Gasteiger partial charge in [-0.1, -0.05) is 36.4 Å². The molecule has 0 unspecified atom stereocenters. The highest BCUT2D eigenvalue weighted by Gasteiger charge is 2.31. The average Bonchev–Trinajstić information content (AvgIpc) is 3.13. The van der Waals surface area contributed by atoms with Gasteiger partial charge in [0, 0.05) is 41.9 Å². The summed E-state index contributed by atoms with van der Waals surface area (Å²) in [6, 6.07) is 11.0. The fraction of sp³-hybridized carbons (Fsp3) is 0.478. The summed E-state index contributed by atoms with van der Waals surface area (Å²) in [7, 11) is 0. The molecule has 0 spiro atoms. The summed E-state index contributed by atoms with van der Waals surface area (Å²) in [5.74, 6) is 2.14. The molecule has 1 aromatic heterocycles. The highest BCUT2D eigenvalue weighted by Crippen LogP contribution is 2.27. The monoisotopic (exact) mass is 410 g/mol. The minimum atomic E-state index is 0.106. The average molecular weight is 411 g/mol. The number of benzene rings is 1. The Morgan fingerprint density at radius 2 is 2.07 bits per heavy atom. The molecule has 1 aliphatic carbocycles. The van der Waals surface area contributed by atoms with Crippen molar-refractivity contribution in [2.45, 2.75) is 38.3 Å². The Labute approximate surface area is 177 Å². The molecule has 0 radical (unpaired) electrons. The van der Waals surface area contributed by atoms with Gasteiger partial charge in [-0.3, -0.25) is 9.48 Å². The van der Waals surface area contributed by atoms with E-state index < -0.39 is 0 Å². The van der Waals surface area contributed by atoms with Crippen LogP contribution in [0.4, 0.5) is 0 Å². The third-order valence-electron chi connectivity index (χ3n) is 5.84. The smallest absolute Gasteiger partial charge is 0.274 e. The minimum Gasteiger partial charge on any atom is -0.336 e. The lowest BCUT2D eigenvalue weighted by Gasteiger charge is -2.27. The number of carbonyl (C=O) groups excluding carboxylic acids is 1. The Morgan fingerprint density at radius 3 is 2.83 bits per heavy atom. The Bertz CT molecular complexity index is 842. The second-order valence-electron chi connectivity index (χ2n) is 7.78. The number of aromatic nitrogens is 2. The number of amides is 1. The van der Waals surface area contributed by atoms with Crippen LogP contribution in [0.2, 0.25) is 0 Å². The predicted octanol–water partition coefficient (Wildman–Crippen LogP) is 2.95. The van der Waals surface area contributed by atoms with E-state index in [1.54, 1.807) is 0 Å². The number of fused-ring (bicyclic) bond motifs is 1. The fourth-order valence-corrected chi connectivity index (χ4v) is 5.19. The molecule has 1 saturated heterocycles. The molecule has 5 nitrogen and oxygen atoms in total. The molecule has 1 atom stereocenters. The van der Waals surface area contributed by atoms with Crippen molar-refractivity contribution in [3.8, 4) is 0 Å². The lowest BCUT2D eigenvalue weighted by Crippen LogP contribution is -2.40. The van der Waals surface area contributed by atoms with Crippen LogP contribution in [0, 0.1) is 0 Å². The van der Waals surface area contributed by atoms with Crippen molar-refractivity contribution < 1.29 is 4.79 Å². The van der Waals surface area contributed by atoms with Gasteiger partial charge >= 0.3 is 0 Å². The summed E-state index contributed by atoms with van der Waals surface area (Å²) < 4.78 is 1.99. The number of rotatable bonds is 7. The first kappa shape index (κ1) is 20.2. The van der Waals surface area contributed by atoms with Gasteiger partial charge in [0.25, 0.3) is 5.91 Å². The Morgan fingerprint density at radius 1 is 1.28 bits per heavy atom. The van der Waals surface area contributed by atoms with E-state index in [9.17, 15) is 4.79 Å². The van der Waals surface area contributed by atoms with Crippen LogP contribution in [0.25, 0.3) is 0 Å². The summed E-state index contributed by atoms with van der Waals surface area (Å²) in [5, 5.41) is 8.45. The van der Waals surface area contributed by atoms with Gasteiger partial charge in [0.2, 0.25) is 0 Å². The first-order valence-corrected chi connectivity index (χ1v) is 11.8. The van der Waals surface area contributed by atoms with Crippen LogP contribution in [-0.2, 0) is 25.8 Å². The summed E-state index contributed by atoms with van der Waals surface area (Å²) in [6.45, 7) is 7.13. The number of thioether (sulfide) groups is 1. The summed E-state index contributed by atoms with van der Waals surface area (Å²) in [4.78, 5) is 15.2. The van der Waals surface area contributed by atoms with Crippen LogP contribution in [-0.4, -0.2) is 57.8 Å². The number of nitrogens with one attached hydrogen (secondary N) is 1. The van der Waals surface area contributed by atoms with E-state index in [0.29, 0.717) is 18.3 Å². The minimum absolute atomic E-state index is 0.106. The lowest BCUT2D eigenvalue weighted by atomic mass is 9.91. The normalized spacial score (nSPS) is 19.0. The lowest BCUT2D eigenvalue weighted by molar-refractivity contribution is 0.0764. The highest BCUT2D eigenvalue weighted by atomic mass is 32.2. The molecule has 1 aromatic carbocycles. The SMILES string of the molecule is C=CCn1nc(C(=O)N2CCSCC2)c2c1CC[C@H](NCCc1ccccc1)C2. The quantitative estimate of drug-likeness (QED) is 0.713. The van der Waals surface area contributed by atoms with Crippen LogP contribution in [0.15, 0.2) is 43.0 Å². The first-order chi connectivity index (χ1) is 14.3. The number of hydrogen-bond donors (Lipinski definition) is 1. The van der Waals surface area contributed by atoms with E-state index >= 15 is 0 Å². The van der Waals surface area contributed by atoms with Gasteiger partial charge in [-0.2, -0.15) is 16.9 Å². The van der Waals surface area contributed by atoms with Gasteiger partial charge in [0.05, 0.1) is 6.54 Å². The van der Waals surface area contributed by atoms with Crippen molar-refractivity contribution >= 4 is 17.7 Å². The van der Waals surface area contributed by atoms with Gasteiger partial charge in [0.15, 0.2) is 5.69 Å². The summed E-state index contributed by atoms with van der Waals surface area (Å²) in [6.07, 6.45) is 5.81. The molecular formula is C23H30N4OS. The molecule has 2 aromatic rings. The van der Waals surface area contributed by atoms with Gasteiger partial charge in [-0.05, 0) is 37.8 Å². The molecule has 0 bridgehead atoms. The Kier molecular flexibility index (Phi) is 6.72. The highest BCUT2D eigenvalue weighted by molar-refractivity contribution is 7.99. The van der Waals surface area contributed by atoms with Gasteiger partial charge < -0.3 is 10.2 Å². The van der Waals surface area contributed by atoms with Crippen molar-refractivity contribution in [1.29, 1.82) is 0 Å². The Balaban J connectivity index is 1.46. The molecule has 6 heteroatoms. The maximum absolute atomic E-state index is 13.2. The zero-order valence-corrected chi connectivity index (χ0v) is 17.8. The third-order valence-corrected chi connectivity index (χ3v) is 6.78. The van der Waals surface area contributed by atoms with E-state index in [0.717, 1.165) is 62.4 Å². The van der Waals surface area contributed by atoms with Crippen LogP contribution in [0.3, 0.4) is 0 Å². The van der Waals surface area contributed by atoms with E-state index in [-0.39, 0.29) is 5.91 Å². The molecule has 1 N–H and O–H groups in total. The molecule has 29 heavy (non-hydrogen) atoms. The molecular weight excluding hydrogens is 380 g/mol. The Hall–Kier alpha value is -2.05. The molecule has 2 heterocycles. The van der Waals surface area contributed by atoms with Crippen molar-refractivity contribution in [1.82, 2.24) is 20.0 Å². The first-order valence-electron chi connectivity index (χ1n) is 10.6. The topological polar surface area (TPSA) is 50.2 Å². The van der Waals surface area contributed by atoms with Crippen molar-refractivity contribution in [2.24, 2.45) is 0 Å². The number of nitrogens with zero attached hydrogens (tertiary/aromatic N) is 3. The number of allylic oxidation sites excluding steroid dienone is 1. The molecule has 1 aliphatic heterocycles. The van der Waals surface area contributed by atoms with E-state index in [1.165, 1.54) is 11.3 Å². The standard InChI is InChI=1S/C23H30N4OS/c1-2-12-27-21-9-8-19(24-11-10-18-6-4-3-5-7-18)17-20(21)22(25-27)23(28)26-13-15-29-16-14-26/h2-7,19,24H,1,8-17H2/t19-/m0/s1. The zero-order valence-electron chi connectivity index (χ0n) is 17.0. The zero-order chi connectivity index (χ0) is 20.1. The molecule has 154 valence electrons. The van der Waals surface area contributed by atoms with Crippen LogP contribution in [0.1, 0.15) is 33.7 Å². The molecule has 4 rings (SSSR count). The number of carbonyl (C=O) groups is 1. The summed E-state index contributed by atoms with van der Waals surface area (Å²) in [5.41, 5.74) is 4.40. The van der Waals surface area contributed by atoms with Gasteiger partial charge in [0.1, 0.15) is 0 Å². The van der Waals surface area contributed by atoms with Crippen LogP contribution in [0.5, 0.6) is 0 Å². The maximum Gasteiger partial charge on any atom is 0.274 e. The van der Waals surface area contributed by atoms with Crippen LogP contribution < -0.4 is 5.32 Å².